The van der Waals surface area contributed by atoms with Gasteiger partial charge in [0.05, 0.1) is 22.2 Å². The first kappa shape index (κ1) is 13.3. The second kappa shape index (κ2) is 4.68. The molecule has 0 radical (unpaired) electrons. The number of hydrogen-bond acceptors (Lipinski definition) is 2. The molecule has 2 aromatic carbocycles. The Balaban J connectivity index is 2.07. The lowest BCUT2D eigenvalue weighted by Gasteiger charge is -2.08. The topological polar surface area (TPSA) is 35.1 Å². The predicted octanol–water partition coefficient (Wildman–Crippen LogP) is 4.44. The molecule has 0 fully saturated rings. The highest BCUT2D eigenvalue weighted by Gasteiger charge is 2.18. The molecule has 4 heteroatoms. The van der Waals surface area contributed by atoms with Gasteiger partial charge in [0.2, 0.25) is 5.78 Å². The minimum absolute atomic E-state index is 0.901. The second-order valence-corrected chi connectivity index (χ2v) is 6.15. The van der Waals surface area contributed by atoms with Gasteiger partial charge in [-0.1, -0.05) is 30.3 Å². The number of benzene rings is 2. The number of rotatable bonds is 1. The van der Waals surface area contributed by atoms with Crippen LogP contribution in [0, 0.1) is 13.8 Å². The summed E-state index contributed by atoms with van der Waals surface area (Å²) in [5.41, 5.74) is 7.44. The molecule has 3 aromatic heterocycles. The number of aromatic nitrogens is 4. The molecule has 0 saturated heterocycles. The van der Waals surface area contributed by atoms with E-state index in [9.17, 15) is 0 Å². The molecule has 0 amide bonds. The molecule has 0 aliphatic rings. The van der Waals surface area contributed by atoms with Gasteiger partial charge < -0.3 is 0 Å². The summed E-state index contributed by atoms with van der Waals surface area (Å²) < 4.78 is 4.36. The van der Waals surface area contributed by atoms with Crippen molar-refractivity contribution in [3.63, 3.8) is 0 Å². The molecule has 3 heterocycles. The van der Waals surface area contributed by atoms with Crippen molar-refractivity contribution in [2.24, 2.45) is 0 Å². The van der Waals surface area contributed by atoms with E-state index in [1.807, 2.05) is 13.0 Å². The summed E-state index contributed by atoms with van der Waals surface area (Å²) in [5.74, 6) is 0.901. The van der Waals surface area contributed by atoms with Crippen LogP contribution in [0.4, 0.5) is 0 Å². The van der Waals surface area contributed by atoms with Gasteiger partial charge in [0.15, 0.2) is 5.65 Å². The van der Waals surface area contributed by atoms with Gasteiger partial charge in [0, 0.05) is 5.69 Å². The van der Waals surface area contributed by atoms with Crippen molar-refractivity contribution >= 4 is 28.0 Å². The maximum atomic E-state index is 4.89. The third-order valence-corrected chi connectivity index (χ3v) is 4.55. The van der Waals surface area contributed by atoms with E-state index < -0.39 is 0 Å². The Morgan fingerprint density at radius 3 is 2.42 bits per heavy atom. The largest absolute Gasteiger partial charge is 0.274 e. The van der Waals surface area contributed by atoms with Crippen molar-refractivity contribution in [1.82, 2.24) is 18.9 Å². The molecular weight excluding hydrogens is 296 g/mol. The first-order valence-electron chi connectivity index (χ1n) is 8.05. The zero-order valence-electron chi connectivity index (χ0n) is 13.6. The lowest BCUT2D eigenvalue weighted by Crippen LogP contribution is -1.99. The van der Waals surface area contributed by atoms with E-state index in [4.69, 9.17) is 9.97 Å². The summed E-state index contributed by atoms with van der Waals surface area (Å²) in [4.78, 5) is 9.70. The summed E-state index contributed by atoms with van der Waals surface area (Å²) in [6.07, 6.45) is 0. The van der Waals surface area contributed by atoms with Gasteiger partial charge in [-0.15, -0.1) is 0 Å². The van der Waals surface area contributed by atoms with E-state index in [-0.39, 0.29) is 0 Å². The lowest BCUT2D eigenvalue weighted by molar-refractivity contribution is 1.06. The zero-order chi connectivity index (χ0) is 16.3. The number of nitrogens with zero attached hydrogens (tertiary/aromatic N) is 4. The average Bonchev–Trinajstić information content (AvgIpc) is 3.09. The molecule has 0 N–H and O–H groups in total. The number of hydrogen-bond donors (Lipinski definition) is 0. The van der Waals surface area contributed by atoms with Crippen LogP contribution in [0.3, 0.4) is 0 Å². The first-order chi connectivity index (χ1) is 11.7. The van der Waals surface area contributed by atoms with Crippen LogP contribution in [0.5, 0.6) is 0 Å². The van der Waals surface area contributed by atoms with E-state index in [1.165, 1.54) is 5.56 Å². The van der Waals surface area contributed by atoms with Crippen LogP contribution in [0.2, 0.25) is 0 Å². The summed E-state index contributed by atoms with van der Waals surface area (Å²) in [5, 5.41) is 0. The molecule has 0 spiro atoms. The van der Waals surface area contributed by atoms with Crippen molar-refractivity contribution in [2.75, 3.05) is 0 Å². The Kier molecular flexibility index (Phi) is 2.59. The number of pyridine rings is 1. The van der Waals surface area contributed by atoms with E-state index in [0.29, 0.717) is 0 Å². The highest BCUT2D eigenvalue weighted by Crippen LogP contribution is 2.29. The van der Waals surface area contributed by atoms with Crippen LogP contribution in [0.15, 0.2) is 60.7 Å². The van der Waals surface area contributed by atoms with Crippen molar-refractivity contribution in [3.8, 4) is 5.69 Å². The molecule has 116 valence electrons. The number of aryl methyl sites for hydroxylation is 2. The normalized spacial score (nSPS) is 11.8. The Morgan fingerprint density at radius 1 is 0.750 bits per heavy atom. The Morgan fingerprint density at radius 2 is 1.54 bits per heavy atom. The van der Waals surface area contributed by atoms with Gasteiger partial charge in [0.25, 0.3) is 0 Å². The molecule has 4 nitrogen and oxygen atoms in total. The number of fused-ring (bicyclic) bond motifs is 5. The Hall–Kier alpha value is -3.14. The van der Waals surface area contributed by atoms with Crippen molar-refractivity contribution in [1.29, 1.82) is 0 Å². The van der Waals surface area contributed by atoms with Gasteiger partial charge in [-0.3, -0.25) is 8.97 Å². The molecule has 5 aromatic rings. The molecule has 24 heavy (non-hydrogen) atoms. The van der Waals surface area contributed by atoms with E-state index in [1.54, 1.807) is 0 Å². The van der Waals surface area contributed by atoms with Crippen LogP contribution >= 0.6 is 0 Å². The fourth-order valence-corrected chi connectivity index (χ4v) is 3.41. The highest BCUT2D eigenvalue weighted by molar-refractivity contribution is 5.90. The zero-order valence-corrected chi connectivity index (χ0v) is 13.6. The fraction of sp³-hybridized carbons (Fsp3) is 0.100. The van der Waals surface area contributed by atoms with Crippen molar-refractivity contribution in [2.45, 2.75) is 13.8 Å². The van der Waals surface area contributed by atoms with Crippen LogP contribution in [0.25, 0.3) is 33.7 Å². The Bertz CT molecular complexity index is 1230. The molecule has 0 aliphatic heterocycles. The summed E-state index contributed by atoms with van der Waals surface area (Å²) in [6, 6.07) is 20.8. The minimum atomic E-state index is 0.901. The molecule has 0 bridgehead atoms. The maximum absolute atomic E-state index is 4.89. The van der Waals surface area contributed by atoms with E-state index >= 15 is 0 Å². The van der Waals surface area contributed by atoms with Crippen molar-refractivity contribution < 1.29 is 0 Å². The first-order valence-corrected chi connectivity index (χ1v) is 8.05. The molecule has 0 saturated carbocycles. The quantitative estimate of drug-likeness (QED) is 0.458. The second-order valence-electron chi connectivity index (χ2n) is 6.15. The Labute approximate surface area is 139 Å². The fourth-order valence-electron chi connectivity index (χ4n) is 3.41. The van der Waals surface area contributed by atoms with Gasteiger partial charge in [-0.2, -0.15) is 0 Å². The van der Waals surface area contributed by atoms with Crippen molar-refractivity contribution in [3.05, 3.63) is 71.9 Å². The minimum Gasteiger partial charge on any atom is -0.274 e. The maximum Gasteiger partial charge on any atom is 0.221 e. The van der Waals surface area contributed by atoms with E-state index in [0.717, 1.165) is 39.4 Å². The predicted molar refractivity (Wildman–Crippen MR) is 96.8 cm³/mol. The third-order valence-electron chi connectivity index (χ3n) is 4.55. The van der Waals surface area contributed by atoms with Gasteiger partial charge in [-0.05, 0) is 49.7 Å². The van der Waals surface area contributed by atoms with Crippen LogP contribution in [-0.2, 0) is 0 Å². The molecule has 0 atom stereocenters. The lowest BCUT2D eigenvalue weighted by atomic mass is 10.2. The highest BCUT2D eigenvalue weighted by atomic mass is 15.2. The average molecular weight is 312 g/mol. The van der Waals surface area contributed by atoms with Gasteiger partial charge in [0.1, 0.15) is 0 Å². The van der Waals surface area contributed by atoms with Gasteiger partial charge in [-0.25, -0.2) is 9.97 Å². The standard InChI is InChI=1S/C20H16N4/c1-13-7-3-5-9-16(13)24-19-18(12-11-14(2)21-19)23-17-10-6-4-8-15(17)22-20(23)24/h3-12H,1-2H3. The monoisotopic (exact) mass is 312 g/mol. The number of imidazole rings is 2. The molecule has 0 aliphatic carbocycles. The molecule has 5 rings (SSSR count). The number of para-hydroxylation sites is 3. The molecule has 0 unspecified atom stereocenters. The summed E-state index contributed by atoms with van der Waals surface area (Å²) >= 11 is 0. The SMILES string of the molecule is Cc1ccc2c(n1)n(-c1ccccc1C)c1nc3ccccc3n21. The van der Waals surface area contributed by atoms with Crippen LogP contribution < -0.4 is 0 Å². The summed E-state index contributed by atoms with van der Waals surface area (Å²) in [7, 11) is 0. The molecular formula is C20H16N4. The third kappa shape index (κ3) is 1.68. The smallest absolute Gasteiger partial charge is 0.221 e. The van der Waals surface area contributed by atoms with Gasteiger partial charge >= 0.3 is 0 Å². The van der Waals surface area contributed by atoms with Crippen LogP contribution in [0.1, 0.15) is 11.3 Å². The summed E-state index contributed by atoms with van der Waals surface area (Å²) in [6.45, 7) is 4.14. The van der Waals surface area contributed by atoms with Crippen LogP contribution in [-0.4, -0.2) is 18.9 Å². The van der Waals surface area contributed by atoms with E-state index in [2.05, 4.69) is 70.5 Å².